The summed E-state index contributed by atoms with van der Waals surface area (Å²) in [5.41, 5.74) is 10.0. The molecule has 4 aromatic carbocycles. The maximum Gasteiger partial charge on any atom is 0.328 e. The lowest BCUT2D eigenvalue weighted by atomic mass is 9.97. The van der Waals surface area contributed by atoms with Gasteiger partial charge in [-0.15, -0.1) is 0 Å². The fraction of sp³-hybridized carbons (Fsp3) is 0.388. The van der Waals surface area contributed by atoms with E-state index in [2.05, 4.69) is 20.9 Å². The lowest BCUT2D eigenvalue weighted by Gasteiger charge is -2.31. The highest BCUT2D eigenvalue weighted by Gasteiger charge is 2.40. The quantitative estimate of drug-likeness (QED) is 0.0156. The zero-order chi connectivity index (χ0) is 48.1. The second kappa shape index (κ2) is 25.8. The second-order valence-electron chi connectivity index (χ2n) is 16.1. The van der Waals surface area contributed by atoms with Crippen LogP contribution < -0.4 is 36.6 Å². The normalized spacial score (nSPS) is 15.2. The van der Waals surface area contributed by atoms with E-state index in [4.69, 9.17) is 19.9 Å². The molecule has 0 spiro atoms. The van der Waals surface area contributed by atoms with Crippen LogP contribution >= 0.6 is 0 Å². The number of nitrogens with zero attached hydrogens (tertiary/aromatic N) is 3. The monoisotopic (exact) mass is 920 g/mol. The predicted molar refractivity (Wildman–Crippen MR) is 250 cm³/mol. The summed E-state index contributed by atoms with van der Waals surface area (Å²) in [5.74, 6) is -3.17. The summed E-state index contributed by atoms with van der Waals surface area (Å²) in [4.78, 5) is 86.3. The second-order valence-corrected chi connectivity index (χ2v) is 16.1. The lowest BCUT2D eigenvalue weighted by Crippen LogP contribution is -2.58. The Morgan fingerprint density at radius 3 is 2.01 bits per heavy atom. The van der Waals surface area contributed by atoms with Crippen LogP contribution in [0.3, 0.4) is 0 Å². The van der Waals surface area contributed by atoms with Crippen LogP contribution in [0, 0.1) is 16.0 Å². The van der Waals surface area contributed by atoms with Gasteiger partial charge in [0.2, 0.25) is 17.7 Å². The van der Waals surface area contributed by atoms with Crippen LogP contribution in [-0.2, 0) is 43.7 Å². The van der Waals surface area contributed by atoms with Crippen LogP contribution in [0.4, 0.5) is 0 Å². The molecule has 18 nitrogen and oxygen atoms in total. The third-order valence-corrected chi connectivity index (χ3v) is 11.3. The van der Waals surface area contributed by atoms with Crippen molar-refractivity contribution in [2.24, 2.45) is 16.6 Å². The van der Waals surface area contributed by atoms with Crippen LogP contribution in [0.5, 0.6) is 11.5 Å². The highest BCUT2D eigenvalue weighted by molar-refractivity contribution is 6.01. The Morgan fingerprint density at radius 2 is 1.42 bits per heavy atom. The van der Waals surface area contributed by atoms with Crippen molar-refractivity contribution in [2.45, 2.75) is 103 Å². The maximum absolute atomic E-state index is 14.6. The number of guanidine groups is 1. The SMILES string of the molecule is CC[C@H](NC(=O)[C@@H](NC(=O)[C@@H]1CCCN1C(=O)[C@H](CCCN=C(N)N[N+](=O)[O-])NC(=O)c1cc(OCc2ccccc2)ccc1OCc1ccccc1)[C@@H](C)CC)C(=O)OCc1ccccc1. The summed E-state index contributed by atoms with van der Waals surface area (Å²) < 4.78 is 17.7. The molecule has 1 heterocycles. The summed E-state index contributed by atoms with van der Waals surface area (Å²) in [6.45, 7) is 5.96. The van der Waals surface area contributed by atoms with Crippen molar-refractivity contribution in [3.05, 3.63) is 142 Å². The number of nitrogens with two attached hydrogens (primary N) is 1. The molecular formula is C49H60N8O10. The smallest absolute Gasteiger partial charge is 0.328 e. The van der Waals surface area contributed by atoms with Crippen molar-refractivity contribution in [3.8, 4) is 11.5 Å². The van der Waals surface area contributed by atoms with E-state index in [9.17, 15) is 34.1 Å². The summed E-state index contributed by atoms with van der Waals surface area (Å²) in [6.07, 6.45) is 1.65. The number of hydrogen-bond acceptors (Lipinski definition) is 11. The van der Waals surface area contributed by atoms with Crippen molar-refractivity contribution in [1.29, 1.82) is 0 Å². The van der Waals surface area contributed by atoms with Gasteiger partial charge in [0.1, 0.15) is 55.5 Å². The number of benzene rings is 4. The van der Waals surface area contributed by atoms with Gasteiger partial charge in [-0.05, 0) is 72.9 Å². The van der Waals surface area contributed by atoms with Crippen LogP contribution in [0.25, 0.3) is 0 Å². The minimum Gasteiger partial charge on any atom is -0.489 e. The summed E-state index contributed by atoms with van der Waals surface area (Å²) in [7, 11) is 0. The first-order valence-electron chi connectivity index (χ1n) is 22.5. The van der Waals surface area contributed by atoms with Crippen LogP contribution in [0.1, 0.15) is 86.3 Å². The zero-order valence-electron chi connectivity index (χ0n) is 38.1. The molecule has 356 valence electrons. The molecule has 0 unspecified atom stereocenters. The number of nitro groups is 1. The van der Waals surface area contributed by atoms with Gasteiger partial charge in [0.15, 0.2) is 5.03 Å². The highest BCUT2D eigenvalue weighted by Crippen LogP contribution is 2.27. The Bertz CT molecular complexity index is 2300. The number of aliphatic imine (C=N–C) groups is 1. The van der Waals surface area contributed by atoms with E-state index in [1.165, 1.54) is 11.0 Å². The number of rotatable bonds is 24. The van der Waals surface area contributed by atoms with E-state index < -0.39 is 64.8 Å². The van der Waals surface area contributed by atoms with Crippen LogP contribution in [0.2, 0.25) is 0 Å². The van der Waals surface area contributed by atoms with Crippen molar-refractivity contribution in [3.63, 3.8) is 0 Å². The first-order chi connectivity index (χ1) is 32.4. The molecule has 4 aromatic rings. The van der Waals surface area contributed by atoms with Crippen LogP contribution in [0.15, 0.2) is 114 Å². The average molecular weight is 921 g/mol. The van der Waals surface area contributed by atoms with Gasteiger partial charge < -0.3 is 40.8 Å². The van der Waals surface area contributed by atoms with E-state index >= 15 is 0 Å². The Balaban J connectivity index is 1.35. The first kappa shape index (κ1) is 50.5. The van der Waals surface area contributed by atoms with Crippen molar-refractivity contribution in [1.82, 2.24) is 26.3 Å². The number of nitrogens with one attached hydrogen (secondary N) is 4. The predicted octanol–water partition coefficient (Wildman–Crippen LogP) is 4.98. The molecule has 6 N–H and O–H groups in total. The van der Waals surface area contributed by atoms with Gasteiger partial charge in [0.05, 0.1) is 5.56 Å². The average Bonchev–Trinajstić information content (AvgIpc) is 3.84. The van der Waals surface area contributed by atoms with Crippen molar-refractivity contribution < 1.29 is 43.2 Å². The van der Waals surface area contributed by atoms with E-state index in [0.29, 0.717) is 18.6 Å². The molecule has 1 saturated heterocycles. The Hall–Kier alpha value is -7.50. The minimum atomic E-state index is -1.21. The molecule has 5 atom stereocenters. The summed E-state index contributed by atoms with van der Waals surface area (Å²) in [6, 6.07) is 28.6. The number of hydrogen-bond donors (Lipinski definition) is 5. The molecule has 1 aliphatic rings. The molecule has 18 heteroatoms. The van der Waals surface area contributed by atoms with Gasteiger partial charge in [-0.2, -0.15) is 0 Å². The standard InChI is InChI=1S/C49H60N8O10/c1-4-33(3)43(46(60)52-39(5-2)48(62)67-32-36-21-13-8-14-22-36)54-45(59)41-24-16-28-56(41)47(61)40(23-15-27-51-49(50)55-57(63)64)53-44(58)38-29-37(65-30-34-17-9-6-10-18-34)25-26-42(38)66-31-35-19-11-7-12-20-35/h6-14,17-22,25-26,29,33,39-41,43H,4-5,15-16,23-24,27-28,30-32H2,1-3H3,(H,52,60)(H,53,58)(H,54,59)(H3,50,51,55)/t33-,39-,40-,41-,43-/m0/s1. The lowest BCUT2D eigenvalue weighted by molar-refractivity contribution is -0.525. The zero-order valence-corrected chi connectivity index (χ0v) is 38.1. The van der Waals surface area contributed by atoms with Crippen LogP contribution in [-0.4, -0.2) is 82.7 Å². The van der Waals surface area contributed by atoms with E-state index in [1.807, 2.05) is 97.9 Å². The molecule has 1 aliphatic heterocycles. The van der Waals surface area contributed by atoms with Gasteiger partial charge in [-0.25, -0.2) is 19.9 Å². The number of carbonyl (C=O) groups is 5. The molecule has 67 heavy (non-hydrogen) atoms. The Labute approximate surface area is 390 Å². The number of likely N-dealkylation sites (tertiary alicyclic amines) is 1. The van der Waals surface area contributed by atoms with E-state index in [0.717, 1.165) is 16.7 Å². The number of amides is 4. The van der Waals surface area contributed by atoms with Gasteiger partial charge >= 0.3 is 5.97 Å². The number of hydrazine groups is 1. The third-order valence-electron chi connectivity index (χ3n) is 11.3. The molecule has 4 amide bonds. The maximum atomic E-state index is 14.6. The Kier molecular flexibility index (Phi) is 19.5. The van der Waals surface area contributed by atoms with Crippen molar-refractivity contribution in [2.75, 3.05) is 13.1 Å². The number of carbonyl (C=O) groups excluding carboxylic acids is 5. The number of esters is 1. The van der Waals surface area contributed by atoms with E-state index in [-0.39, 0.29) is 75.8 Å². The Morgan fingerprint density at radius 1 is 0.806 bits per heavy atom. The minimum absolute atomic E-state index is 0.00569. The highest BCUT2D eigenvalue weighted by atomic mass is 16.7. The third kappa shape index (κ3) is 15.6. The summed E-state index contributed by atoms with van der Waals surface area (Å²) in [5, 5.41) is 18.5. The molecule has 0 bridgehead atoms. The van der Waals surface area contributed by atoms with Gasteiger partial charge in [0.25, 0.3) is 11.9 Å². The van der Waals surface area contributed by atoms with Gasteiger partial charge in [-0.3, -0.25) is 19.2 Å². The number of ether oxygens (including phenoxy) is 3. The molecular weight excluding hydrogens is 861 g/mol. The first-order valence-corrected chi connectivity index (χ1v) is 22.5. The van der Waals surface area contributed by atoms with Gasteiger partial charge in [-0.1, -0.05) is 124 Å². The molecule has 0 saturated carbocycles. The summed E-state index contributed by atoms with van der Waals surface area (Å²) >= 11 is 0. The topological polar surface area (TPSA) is 246 Å². The van der Waals surface area contributed by atoms with Crippen molar-refractivity contribution >= 4 is 35.6 Å². The molecule has 5 rings (SSSR count). The molecule has 0 aromatic heterocycles. The van der Waals surface area contributed by atoms with Gasteiger partial charge in [0, 0.05) is 13.1 Å². The fourth-order valence-corrected chi connectivity index (χ4v) is 7.37. The van der Waals surface area contributed by atoms with E-state index in [1.54, 1.807) is 31.4 Å². The molecule has 1 fully saturated rings. The fourth-order valence-electron chi connectivity index (χ4n) is 7.37. The molecule has 0 radical (unpaired) electrons. The largest absolute Gasteiger partial charge is 0.489 e. The molecule has 0 aliphatic carbocycles.